The van der Waals surface area contributed by atoms with Crippen molar-refractivity contribution in [1.29, 1.82) is 5.26 Å². The average Bonchev–Trinajstić information content (AvgIpc) is 2.89. The minimum absolute atomic E-state index is 0.0424. The van der Waals surface area contributed by atoms with E-state index in [1.54, 1.807) is 20.0 Å². The first kappa shape index (κ1) is 14.9. The van der Waals surface area contributed by atoms with Crippen LogP contribution in [0.1, 0.15) is 18.1 Å². The van der Waals surface area contributed by atoms with Crippen LogP contribution in [0.3, 0.4) is 0 Å². The number of nitrogens with zero attached hydrogens (tertiary/aromatic N) is 3. The van der Waals surface area contributed by atoms with Gasteiger partial charge in [-0.3, -0.25) is 4.68 Å². The van der Waals surface area contributed by atoms with Crippen molar-refractivity contribution in [2.45, 2.75) is 6.92 Å². The number of rotatable bonds is 2. The molecule has 1 aromatic heterocycles. The summed E-state index contributed by atoms with van der Waals surface area (Å²) in [6.45, 7) is 1.59. The number of benzene rings is 1. The van der Waals surface area contributed by atoms with Gasteiger partial charge in [-0.25, -0.2) is 4.39 Å². The molecule has 0 aliphatic heterocycles. The summed E-state index contributed by atoms with van der Waals surface area (Å²) in [5.41, 5.74) is 0.698. The van der Waals surface area contributed by atoms with Crippen molar-refractivity contribution in [3.8, 4) is 34.9 Å². The van der Waals surface area contributed by atoms with Gasteiger partial charge in [0, 0.05) is 13.2 Å². The Morgan fingerprint density at radius 2 is 2.14 bits per heavy atom. The molecular weight excluding hydrogens is 293 g/mol. The summed E-state index contributed by atoms with van der Waals surface area (Å²) in [5, 5.41) is 13.2. The molecule has 2 rings (SSSR count). The molecule has 0 saturated heterocycles. The van der Waals surface area contributed by atoms with Gasteiger partial charge in [-0.1, -0.05) is 17.5 Å². The predicted octanol–water partition coefficient (Wildman–Crippen LogP) is 3.13. The molecule has 0 aliphatic carbocycles. The second-order valence-electron chi connectivity index (χ2n) is 4.11. The van der Waals surface area contributed by atoms with Crippen molar-refractivity contribution < 1.29 is 9.13 Å². The molecule has 0 fully saturated rings. The molecule has 0 amide bonds. The fraction of sp³-hybridized carbons (Fsp3) is 0.200. The van der Waals surface area contributed by atoms with Crippen molar-refractivity contribution in [2.24, 2.45) is 7.05 Å². The Kier molecular flexibility index (Phi) is 4.16. The number of hydrogen-bond acceptors (Lipinski definition) is 3. The number of aryl methyl sites for hydroxylation is 1. The van der Waals surface area contributed by atoms with Gasteiger partial charge in [0.2, 0.25) is 0 Å². The maximum absolute atomic E-state index is 14.6. The minimum atomic E-state index is -0.713. The Labute approximate surface area is 126 Å². The zero-order valence-corrected chi connectivity index (χ0v) is 12.4. The highest BCUT2D eigenvalue weighted by Gasteiger charge is 2.25. The number of nitriles is 1. The topological polar surface area (TPSA) is 50.8 Å². The maximum Gasteiger partial charge on any atom is 0.154 e. The average molecular weight is 304 g/mol. The molecule has 0 bridgehead atoms. The first-order valence-corrected chi connectivity index (χ1v) is 6.34. The van der Waals surface area contributed by atoms with Crippen LogP contribution in [0.5, 0.6) is 5.75 Å². The third-order valence-electron chi connectivity index (χ3n) is 2.98. The number of hydrogen-bond donors (Lipinski definition) is 0. The lowest BCUT2D eigenvalue weighted by Gasteiger charge is -2.14. The summed E-state index contributed by atoms with van der Waals surface area (Å²) in [6.07, 6.45) is 1.51. The van der Waals surface area contributed by atoms with Gasteiger partial charge in [-0.05, 0) is 13.0 Å². The molecule has 106 valence electrons. The van der Waals surface area contributed by atoms with Crippen molar-refractivity contribution in [3.05, 3.63) is 34.2 Å². The highest BCUT2D eigenvalue weighted by Crippen LogP contribution is 2.40. The highest BCUT2D eigenvalue weighted by molar-refractivity contribution is 6.32. The van der Waals surface area contributed by atoms with Gasteiger partial charge in [0.25, 0.3) is 0 Å². The monoisotopic (exact) mass is 303 g/mol. The van der Waals surface area contributed by atoms with E-state index >= 15 is 0 Å². The Morgan fingerprint density at radius 1 is 1.43 bits per heavy atom. The van der Waals surface area contributed by atoms with E-state index in [0.717, 1.165) is 0 Å². The summed E-state index contributed by atoms with van der Waals surface area (Å²) in [4.78, 5) is 0. The molecule has 0 saturated carbocycles. The van der Waals surface area contributed by atoms with Crippen LogP contribution in [0.15, 0.2) is 12.3 Å². The number of ether oxygens (including phenoxy) is 1. The standard InChI is InChI=1S/C15H11ClFN3O/c1-4-5-9-13(16)14(17)12(10(8-18)15(9)21-3)11-6-7-19-20(11)2/h6-7H,1-3H3. The van der Waals surface area contributed by atoms with Crippen molar-refractivity contribution in [2.75, 3.05) is 7.11 Å². The smallest absolute Gasteiger partial charge is 0.154 e. The van der Waals surface area contributed by atoms with E-state index in [1.807, 2.05) is 6.07 Å². The van der Waals surface area contributed by atoms with Crippen LogP contribution < -0.4 is 4.74 Å². The largest absolute Gasteiger partial charge is 0.494 e. The second kappa shape index (κ2) is 5.87. The van der Waals surface area contributed by atoms with Crippen LogP contribution >= 0.6 is 11.6 Å². The first-order valence-electron chi connectivity index (χ1n) is 5.96. The van der Waals surface area contributed by atoms with E-state index < -0.39 is 5.82 Å². The second-order valence-corrected chi connectivity index (χ2v) is 4.49. The molecule has 6 heteroatoms. The first-order chi connectivity index (χ1) is 10.1. The van der Waals surface area contributed by atoms with E-state index in [-0.39, 0.29) is 27.5 Å². The zero-order chi connectivity index (χ0) is 15.6. The highest BCUT2D eigenvalue weighted by atomic mass is 35.5. The molecule has 0 spiro atoms. The number of halogens is 2. The fourth-order valence-corrected chi connectivity index (χ4v) is 2.30. The summed E-state index contributed by atoms with van der Waals surface area (Å²) >= 11 is 6.06. The van der Waals surface area contributed by atoms with Gasteiger partial charge in [0.05, 0.1) is 29.0 Å². The normalized spacial score (nSPS) is 9.71. The zero-order valence-electron chi connectivity index (χ0n) is 11.7. The fourth-order valence-electron chi connectivity index (χ4n) is 2.07. The lowest BCUT2D eigenvalue weighted by molar-refractivity contribution is 0.411. The number of methoxy groups -OCH3 is 1. The van der Waals surface area contributed by atoms with Crippen molar-refractivity contribution >= 4 is 11.6 Å². The van der Waals surface area contributed by atoms with Gasteiger partial charge in [0.15, 0.2) is 11.6 Å². The summed E-state index contributed by atoms with van der Waals surface area (Å²) in [5.74, 6) is 4.76. The summed E-state index contributed by atoms with van der Waals surface area (Å²) < 4.78 is 21.3. The quantitative estimate of drug-likeness (QED) is 0.801. The summed E-state index contributed by atoms with van der Waals surface area (Å²) in [6, 6.07) is 3.56. The Balaban J connectivity index is 2.96. The van der Waals surface area contributed by atoms with Crippen molar-refractivity contribution in [3.63, 3.8) is 0 Å². The minimum Gasteiger partial charge on any atom is -0.494 e. The van der Waals surface area contributed by atoms with E-state index in [1.165, 1.54) is 18.0 Å². The van der Waals surface area contributed by atoms with Gasteiger partial charge < -0.3 is 4.74 Å². The third kappa shape index (κ3) is 2.33. The molecule has 0 N–H and O–H groups in total. The molecule has 0 unspecified atom stereocenters. The summed E-state index contributed by atoms with van der Waals surface area (Å²) in [7, 11) is 3.04. The van der Waals surface area contributed by atoms with Crippen LogP contribution in [0.2, 0.25) is 5.02 Å². The van der Waals surface area contributed by atoms with E-state index in [0.29, 0.717) is 5.69 Å². The molecule has 0 atom stereocenters. The molecule has 0 aliphatic rings. The van der Waals surface area contributed by atoms with E-state index in [4.69, 9.17) is 16.3 Å². The molecule has 2 aromatic rings. The van der Waals surface area contributed by atoms with E-state index in [2.05, 4.69) is 16.9 Å². The van der Waals surface area contributed by atoms with Crippen molar-refractivity contribution in [1.82, 2.24) is 9.78 Å². The van der Waals surface area contributed by atoms with Crippen LogP contribution in [0, 0.1) is 29.0 Å². The number of aromatic nitrogens is 2. The Bertz CT molecular complexity index is 809. The van der Waals surface area contributed by atoms with Crippen LogP contribution in [0.25, 0.3) is 11.3 Å². The third-order valence-corrected chi connectivity index (χ3v) is 3.33. The van der Waals surface area contributed by atoms with Crippen LogP contribution in [-0.2, 0) is 7.05 Å². The maximum atomic E-state index is 14.6. The SMILES string of the molecule is CC#Cc1c(Cl)c(F)c(-c2ccnn2C)c(C#N)c1OC. The molecular formula is C15H11ClFN3O. The Morgan fingerprint density at radius 3 is 2.62 bits per heavy atom. The van der Waals surface area contributed by atoms with Gasteiger partial charge in [0.1, 0.15) is 11.6 Å². The van der Waals surface area contributed by atoms with E-state index in [9.17, 15) is 9.65 Å². The van der Waals surface area contributed by atoms with Gasteiger partial charge in [-0.15, -0.1) is 5.92 Å². The molecule has 1 aromatic carbocycles. The molecule has 21 heavy (non-hydrogen) atoms. The van der Waals surface area contributed by atoms with Gasteiger partial charge >= 0.3 is 0 Å². The Hall–Kier alpha value is -2.50. The van der Waals surface area contributed by atoms with Crippen LogP contribution in [-0.4, -0.2) is 16.9 Å². The van der Waals surface area contributed by atoms with Crippen LogP contribution in [0.4, 0.5) is 4.39 Å². The predicted molar refractivity (Wildman–Crippen MR) is 77.4 cm³/mol. The lowest BCUT2D eigenvalue weighted by Crippen LogP contribution is -2.03. The molecule has 4 nitrogen and oxygen atoms in total. The molecule has 1 heterocycles. The lowest BCUT2D eigenvalue weighted by atomic mass is 9.99. The molecule has 0 radical (unpaired) electrons. The van der Waals surface area contributed by atoms with Gasteiger partial charge in [-0.2, -0.15) is 10.4 Å².